The highest BCUT2D eigenvalue weighted by Crippen LogP contribution is 2.18. The Labute approximate surface area is 106 Å². The third kappa shape index (κ3) is 2.98. The number of para-hydroxylation sites is 1. The van der Waals surface area contributed by atoms with Crippen molar-refractivity contribution in [1.82, 2.24) is 10.2 Å². The summed E-state index contributed by atoms with van der Waals surface area (Å²) in [7, 11) is 1.90. The van der Waals surface area contributed by atoms with Crippen LogP contribution < -0.4 is 10.6 Å². The number of nitrogens with zero attached hydrogens (tertiary/aromatic N) is 1. The second-order valence-electron chi connectivity index (χ2n) is 4.57. The molecule has 1 aliphatic rings. The van der Waals surface area contributed by atoms with Gasteiger partial charge in [0.1, 0.15) is 5.82 Å². The number of carbonyl (C=O) groups excluding carboxylic acids is 1. The number of benzene rings is 1. The molecule has 0 aliphatic carbocycles. The van der Waals surface area contributed by atoms with E-state index in [-0.39, 0.29) is 11.7 Å². The fourth-order valence-corrected chi connectivity index (χ4v) is 2.23. The van der Waals surface area contributed by atoms with Crippen molar-refractivity contribution in [2.75, 3.05) is 32.0 Å². The zero-order valence-electron chi connectivity index (χ0n) is 10.4. The summed E-state index contributed by atoms with van der Waals surface area (Å²) >= 11 is 0. The minimum atomic E-state index is -0.406. The van der Waals surface area contributed by atoms with Crippen molar-refractivity contribution in [2.24, 2.45) is 5.92 Å². The number of likely N-dealkylation sites (tertiary alicyclic amines) is 1. The van der Waals surface area contributed by atoms with Crippen LogP contribution in [0.5, 0.6) is 0 Å². The Morgan fingerprint density at radius 1 is 1.50 bits per heavy atom. The molecule has 0 saturated carbocycles. The van der Waals surface area contributed by atoms with Crippen LogP contribution in [0, 0.1) is 11.7 Å². The van der Waals surface area contributed by atoms with Crippen molar-refractivity contribution < 1.29 is 9.18 Å². The molecule has 98 valence electrons. The molecule has 0 aromatic heterocycles. The number of nitrogens with one attached hydrogen (secondary N) is 2. The molecule has 2 N–H and O–H groups in total. The lowest BCUT2D eigenvalue weighted by Crippen LogP contribution is -2.34. The van der Waals surface area contributed by atoms with Gasteiger partial charge in [0.2, 0.25) is 0 Å². The van der Waals surface area contributed by atoms with Gasteiger partial charge >= 0.3 is 6.03 Å². The van der Waals surface area contributed by atoms with Gasteiger partial charge in [0, 0.05) is 13.1 Å². The monoisotopic (exact) mass is 251 g/mol. The van der Waals surface area contributed by atoms with E-state index in [0.29, 0.717) is 5.92 Å². The number of anilines is 1. The van der Waals surface area contributed by atoms with E-state index >= 15 is 0 Å². The molecule has 1 fully saturated rings. The molecular formula is C13H18FN3O. The number of carbonyl (C=O) groups is 1. The summed E-state index contributed by atoms with van der Waals surface area (Å²) in [6.07, 6.45) is 0.992. The normalized spacial score (nSPS) is 19.0. The van der Waals surface area contributed by atoms with E-state index in [2.05, 4.69) is 10.6 Å². The van der Waals surface area contributed by atoms with Crippen molar-refractivity contribution in [1.29, 1.82) is 0 Å². The van der Waals surface area contributed by atoms with Crippen LogP contribution in [-0.2, 0) is 0 Å². The van der Waals surface area contributed by atoms with Gasteiger partial charge in [0.15, 0.2) is 0 Å². The lowest BCUT2D eigenvalue weighted by molar-refractivity contribution is 0.220. The molecule has 2 amide bonds. The number of rotatable bonds is 3. The highest BCUT2D eigenvalue weighted by Gasteiger charge is 2.25. The van der Waals surface area contributed by atoms with E-state index in [9.17, 15) is 9.18 Å². The first-order valence-corrected chi connectivity index (χ1v) is 6.15. The van der Waals surface area contributed by atoms with Gasteiger partial charge in [0.05, 0.1) is 5.69 Å². The summed E-state index contributed by atoms with van der Waals surface area (Å²) in [6.45, 7) is 2.36. The van der Waals surface area contributed by atoms with Gasteiger partial charge in [-0.2, -0.15) is 0 Å². The zero-order valence-corrected chi connectivity index (χ0v) is 10.4. The fourth-order valence-electron chi connectivity index (χ4n) is 2.23. The van der Waals surface area contributed by atoms with Gasteiger partial charge in [0.25, 0.3) is 0 Å². The maximum Gasteiger partial charge on any atom is 0.321 e. The average Bonchev–Trinajstić information content (AvgIpc) is 2.81. The van der Waals surface area contributed by atoms with E-state index in [0.717, 1.165) is 26.1 Å². The van der Waals surface area contributed by atoms with E-state index in [1.165, 1.54) is 6.07 Å². The highest BCUT2D eigenvalue weighted by atomic mass is 19.1. The molecule has 1 aromatic rings. The molecule has 0 radical (unpaired) electrons. The van der Waals surface area contributed by atoms with Crippen LogP contribution in [0.2, 0.25) is 0 Å². The molecule has 1 atom stereocenters. The van der Waals surface area contributed by atoms with Crippen molar-refractivity contribution in [3.8, 4) is 0 Å². The largest absolute Gasteiger partial charge is 0.324 e. The summed E-state index contributed by atoms with van der Waals surface area (Å²) in [6, 6.07) is 5.98. The minimum absolute atomic E-state index is 0.223. The molecule has 18 heavy (non-hydrogen) atoms. The first-order valence-electron chi connectivity index (χ1n) is 6.15. The van der Waals surface area contributed by atoms with Gasteiger partial charge in [-0.1, -0.05) is 12.1 Å². The predicted molar refractivity (Wildman–Crippen MR) is 69.0 cm³/mol. The topological polar surface area (TPSA) is 44.4 Å². The van der Waals surface area contributed by atoms with E-state index in [4.69, 9.17) is 0 Å². The Bertz CT molecular complexity index is 424. The summed E-state index contributed by atoms with van der Waals surface area (Å²) in [5.74, 6) is 0.0817. The molecule has 0 bridgehead atoms. The summed E-state index contributed by atoms with van der Waals surface area (Å²) < 4.78 is 13.4. The van der Waals surface area contributed by atoms with Gasteiger partial charge < -0.3 is 15.5 Å². The van der Waals surface area contributed by atoms with Gasteiger partial charge in [-0.25, -0.2) is 9.18 Å². The smallest absolute Gasteiger partial charge is 0.321 e. The third-order valence-electron chi connectivity index (χ3n) is 3.18. The van der Waals surface area contributed by atoms with Gasteiger partial charge in [-0.3, -0.25) is 0 Å². The molecule has 1 aromatic carbocycles. The Balaban J connectivity index is 1.91. The van der Waals surface area contributed by atoms with Gasteiger partial charge in [-0.15, -0.1) is 0 Å². The molecular weight excluding hydrogens is 233 g/mol. The highest BCUT2D eigenvalue weighted by molar-refractivity contribution is 5.89. The first kappa shape index (κ1) is 12.8. The maximum atomic E-state index is 13.4. The Morgan fingerprint density at radius 3 is 3.00 bits per heavy atom. The van der Waals surface area contributed by atoms with Crippen molar-refractivity contribution in [3.63, 3.8) is 0 Å². The SMILES string of the molecule is CNCC1CCN(C(=O)Nc2ccccc2F)C1. The number of hydrogen-bond donors (Lipinski definition) is 2. The molecule has 1 saturated heterocycles. The van der Waals surface area contributed by atoms with Crippen LogP contribution in [0.25, 0.3) is 0 Å². The summed E-state index contributed by atoms with van der Waals surface area (Å²) in [5.41, 5.74) is 0.236. The maximum absolute atomic E-state index is 13.4. The average molecular weight is 251 g/mol. The summed E-state index contributed by atoms with van der Waals surface area (Å²) in [5, 5.41) is 5.72. The quantitative estimate of drug-likeness (QED) is 0.861. The molecule has 5 heteroatoms. The molecule has 0 spiro atoms. The van der Waals surface area contributed by atoms with Crippen molar-refractivity contribution >= 4 is 11.7 Å². The number of urea groups is 1. The first-order chi connectivity index (χ1) is 8.70. The Morgan fingerprint density at radius 2 is 2.28 bits per heavy atom. The predicted octanol–water partition coefficient (Wildman–Crippen LogP) is 1.90. The van der Waals surface area contributed by atoms with E-state index in [1.807, 2.05) is 7.05 Å². The number of halogens is 1. The van der Waals surface area contributed by atoms with Crippen LogP contribution in [0.4, 0.5) is 14.9 Å². The zero-order chi connectivity index (χ0) is 13.0. The molecule has 4 nitrogen and oxygen atoms in total. The van der Waals surface area contributed by atoms with Crippen LogP contribution in [0.1, 0.15) is 6.42 Å². The summed E-state index contributed by atoms with van der Waals surface area (Å²) in [4.78, 5) is 13.7. The molecule has 1 aliphatic heterocycles. The molecule has 2 rings (SSSR count). The molecule has 1 unspecified atom stereocenters. The van der Waals surface area contributed by atoms with Crippen molar-refractivity contribution in [2.45, 2.75) is 6.42 Å². The second-order valence-corrected chi connectivity index (χ2v) is 4.57. The lowest BCUT2D eigenvalue weighted by atomic mass is 10.1. The third-order valence-corrected chi connectivity index (χ3v) is 3.18. The number of amides is 2. The molecule has 1 heterocycles. The second kappa shape index (κ2) is 5.82. The fraction of sp³-hybridized carbons (Fsp3) is 0.462. The number of hydrogen-bond acceptors (Lipinski definition) is 2. The van der Waals surface area contributed by atoms with E-state index in [1.54, 1.807) is 23.1 Å². The van der Waals surface area contributed by atoms with Crippen LogP contribution in [-0.4, -0.2) is 37.6 Å². The van der Waals surface area contributed by atoms with E-state index < -0.39 is 5.82 Å². The standard InChI is InChI=1S/C13H18FN3O/c1-15-8-10-6-7-17(9-10)13(18)16-12-5-3-2-4-11(12)14/h2-5,10,15H,6-9H2,1H3,(H,16,18). The van der Waals surface area contributed by atoms with Crippen molar-refractivity contribution in [3.05, 3.63) is 30.1 Å². The van der Waals surface area contributed by atoms with Crippen LogP contribution in [0.3, 0.4) is 0 Å². The van der Waals surface area contributed by atoms with Crippen LogP contribution >= 0.6 is 0 Å². The Hall–Kier alpha value is -1.62. The van der Waals surface area contributed by atoms with Crippen LogP contribution in [0.15, 0.2) is 24.3 Å². The lowest BCUT2D eigenvalue weighted by Gasteiger charge is -2.17. The Kier molecular flexibility index (Phi) is 4.15. The van der Waals surface area contributed by atoms with Gasteiger partial charge in [-0.05, 0) is 38.1 Å². The minimum Gasteiger partial charge on any atom is -0.324 e.